The Morgan fingerprint density at radius 3 is 2.64 bits per heavy atom. The lowest BCUT2D eigenvalue weighted by Crippen LogP contribution is -2.18. The van der Waals surface area contributed by atoms with Gasteiger partial charge in [0.05, 0.1) is 16.2 Å². The number of rotatable bonds is 7. The first-order valence-corrected chi connectivity index (χ1v) is 9.55. The number of nitrogens with one attached hydrogen (secondary N) is 1. The Kier molecular flexibility index (Phi) is 5.66. The molecular formula is C14H18ClN3O2S2. The molecule has 0 saturated carbocycles. The summed E-state index contributed by atoms with van der Waals surface area (Å²) in [4.78, 5) is 6.26. The number of halogens is 1. The van der Waals surface area contributed by atoms with E-state index in [4.69, 9.17) is 11.6 Å². The zero-order valence-electron chi connectivity index (χ0n) is 12.4. The van der Waals surface area contributed by atoms with Crippen molar-refractivity contribution in [2.24, 2.45) is 0 Å². The molecule has 0 atom stereocenters. The highest BCUT2D eigenvalue weighted by Crippen LogP contribution is 2.27. The molecular weight excluding hydrogens is 342 g/mol. The topological polar surface area (TPSA) is 62.3 Å². The highest BCUT2D eigenvalue weighted by atomic mass is 35.5. The Balaban J connectivity index is 2.08. The molecule has 22 heavy (non-hydrogen) atoms. The van der Waals surface area contributed by atoms with Gasteiger partial charge in [0.15, 0.2) is 0 Å². The van der Waals surface area contributed by atoms with Crippen LogP contribution in [0.5, 0.6) is 0 Å². The van der Waals surface area contributed by atoms with E-state index in [-0.39, 0.29) is 10.0 Å². The Morgan fingerprint density at radius 2 is 2.09 bits per heavy atom. The third-order valence-corrected chi connectivity index (χ3v) is 6.17. The van der Waals surface area contributed by atoms with Gasteiger partial charge in [0.1, 0.15) is 10.0 Å². The van der Waals surface area contributed by atoms with Gasteiger partial charge in [0.25, 0.3) is 10.0 Å². The van der Waals surface area contributed by atoms with Gasteiger partial charge < -0.3 is 4.90 Å². The highest BCUT2D eigenvalue weighted by Gasteiger charge is 2.17. The third kappa shape index (κ3) is 4.34. The van der Waals surface area contributed by atoms with Gasteiger partial charge in [-0.25, -0.2) is 13.4 Å². The van der Waals surface area contributed by atoms with E-state index >= 15 is 0 Å². The number of hydrogen-bond acceptors (Lipinski definition) is 5. The molecule has 0 aliphatic rings. The van der Waals surface area contributed by atoms with E-state index in [1.54, 1.807) is 18.3 Å². The van der Waals surface area contributed by atoms with Crippen LogP contribution in [0.1, 0.15) is 19.8 Å². The molecule has 0 aromatic carbocycles. The van der Waals surface area contributed by atoms with E-state index in [0.29, 0.717) is 4.34 Å². The third-order valence-electron chi connectivity index (χ3n) is 3.09. The summed E-state index contributed by atoms with van der Waals surface area (Å²) in [6.07, 6.45) is 3.89. The van der Waals surface area contributed by atoms with Gasteiger partial charge in [-0.2, -0.15) is 0 Å². The monoisotopic (exact) mass is 359 g/mol. The van der Waals surface area contributed by atoms with Gasteiger partial charge in [-0.05, 0) is 30.7 Å². The number of hydrogen-bond donors (Lipinski definition) is 1. The van der Waals surface area contributed by atoms with Crippen LogP contribution in [0.3, 0.4) is 0 Å². The van der Waals surface area contributed by atoms with Crippen LogP contribution in [-0.4, -0.2) is 27.0 Å². The van der Waals surface area contributed by atoms with E-state index in [1.807, 2.05) is 13.1 Å². The van der Waals surface area contributed by atoms with Crippen LogP contribution in [0, 0.1) is 0 Å². The minimum atomic E-state index is -3.63. The molecule has 0 spiro atoms. The Labute approximate surface area is 140 Å². The van der Waals surface area contributed by atoms with Crippen molar-refractivity contribution in [2.75, 3.05) is 23.2 Å². The Morgan fingerprint density at radius 1 is 1.32 bits per heavy atom. The van der Waals surface area contributed by atoms with Crippen molar-refractivity contribution in [1.82, 2.24) is 4.98 Å². The van der Waals surface area contributed by atoms with Crippen LogP contribution in [0.15, 0.2) is 34.7 Å². The fraction of sp³-hybridized carbons (Fsp3) is 0.357. The van der Waals surface area contributed by atoms with Gasteiger partial charge in [0.2, 0.25) is 0 Å². The highest BCUT2D eigenvalue weighted by molar-refractivity contribution is 7.94. The minimum absolute atomic E-state index is 0.170. The zero-order chi connectivity index (χ0) is 16.2. The average molecular weight is 360 g/mol. The van der Waals surface area contributed by atoms with Gasteiger partial charge in [0, 0.05) is 13.6 Å². The first-order valence-electron chi connectivity index (χ1n) is 6.87. The van der Waals surface area contributed by atoms with Crippen molar-refractivity contribution in [3.05, 3.63) is 34.8 Å². The maximum atomic E-state index is 12.2. The first kappa shape index (κ1) is 17.1. The number of sulfonamides is 1. The normalized spacial score (nSPS) is 11.4. The predicted octanol–water partition coefficient (Wildman–Crippen LogP) is 3.83. The lowest BCUT2D eigenvalue weighted by molar-refractivity contribution is 0.603. The summed E-state index contributed by atoms with van der Waals surface area (Å²) in [7, 11) is -1.64. The molecule has 0 amide bonds. The lowest BCUT2D eigenvalue weighted by Gasteiger charge is -2.18. The average Bonchev–Trinajstić information content (AvgIpc) is 2.92. The Hall–Kier alpha value is -1.31. The summed E-state index contributed by atoms with van der Waals surface area (Å²) >= 11 is 6.78. The minimum Gasteiger partial charge on any atom is -0.373 e. The van der Waals surface area contributed by atoms with Crippen LogP contribution in [-0.2, 0) is 10.0 Å². The quantitative estimate of drug-likeness (QED) is 0.816. The maximum absolute atomic E-state index is 12.2. The lowest BCUT2D eigenvalue weighted by atomic mass is 10.3. The number of pyridine rings is 1. The molecule has 0 aliphatic heterocycles. The number of aromatic nitrogens is 1. The van der Waals surface area contributed by atoms with E-state index in [9.17, 15) is 8.42 Å². The van der Waals surface area contributed by atoms with E-state index in [2.05, 4.69) is 21.5 Å². The molecule has 2 heterocycles. The molecule has 5 nitrogen and oxygen atoms in total. The summed E-state index contributed by atoms with van der Waals surface area (Å²) in [6, 6.07) is 6.54. The van der Waals surface area contributed by atoms with Crippen molar-refractivity contribution < 1.29 is 8.42 Å². The molecule has 2 aromatic heterocycles. The molecule has 2 rings (SSSR count). The maximum Gasteiger partial charge on any atom is 0.272 e. The summed E-state index contributed by atoms with van der Waals surface area (Å²) in [5.74, 6) is 0.289. The second kappa shape index (κ2) is 7.30. The second-order valence-corrected chi connectivity index (χ2v) is 8.47. The zero-order valence-corrected chi connectivity index (χ0v) is 14.8. The summed E-state index contributed by atoms with van der Waals surface area (Å²) in [5, 5.41) is 0. The molecule has 0 unspecified atom stereocenters. The largest absolute Gasteiger partial charge is 0.373 e. The van der Waals surface area contributed by atoms with Gasteiger partial charge >= 0.3 is 0 Å². The molecule has 120 valence electrons. The molecule has 2 aromatic rings. The van der Waals surface area contributed by atoms with Crippen molar-refractivity contribution >= 4 is 44.5 Å². The van der Waals surface area contributed by atoms with Crippen LogP contribution in [0.4, 0.5) is 11.5 Å². The summed E-state index contributed by atoms with van der Waals surface area (Å²) < 4.78 is 27.4. The van der Waals surface area contributed by atoms with Gasteiger partial charge in [-0.15, -0.1) is 11.3 Å². The number of thiophene rings is 1. The molecule has 8 heteroatoms. The first-order chi connectivity index (χ1) is 10.4. The van der Waals surface area contributed by atoms with E-state index in [1.165, 1.54) is 6.07 Å². The van der Waals surface area contributed by atoms with Crippen molar-refractivity contribution in [3.8, 4) is 0 Å². The number of anilines is 2. The van der Waals surface area contributed by atoms with E-state index in [0.717, 1.165) is 36.4 Å². The molecule has 0 aliphatic carbocycles. The number of nitrogens with zero attached hydrogens (tertiary/aromatic N) is 2. The van der Waals surface area contributed by atoms with Crippen LogP contribution in [0.2, 0.25) is 4.34 Å². The number of unbranched alkanes of at least 4 members (excludes halogenated alkanes) is 1. The standard InChI is InChI=1S/C14H18ClN3O2S2/c1-3-4-9-18(2)11-5-7-13(16-10-11)17-22(19,20)14-8-6-12(15)21-14/h5-8,10H,3-4,9H2,1-2H3,(H,16,17). The van der Waals surface area contributed by atoms with Crippen LogP contribution < -0.4 is 9.62 Å². The van der Waals surface area contributed by atoms with Gasteiger partial charge in [-0.3, -0.25) is 4.72 Å². The molecule has 1 N–H and O–H groups in total. The van der Waals surface area contributed by atoms with Crippen LogP contribution in [0.25, 0.3) is 0 Å². The molecule has 0 fully saturated rings. The van der Waals surface area contributed by atoms with Gasteiger partial charge in [-0.1, -0.05) is 24.9 Å². The van der Waals surface area contributed by atoms with Crippen molar-refractivity contribution in [2.45, 2.75) is 24.0 Å². The molecule has 0 radical (unpaired) electrons. The fourth-order valence-electron chi connectivity index (χ4n) is 1.83. The van der Waals surface area contributed by atoms with E-state index < -0.39 is 10.0 Å². The van der Waals surface area contributed by atoms with Crippen molar-refractivity contribution in [1.29, 1.82) is 0 Å². The summed E-state index contributed by atoms with van der Waals surface area (Å²) in [6.45, 7) is 3.08. The smallest absolute Gasteiger partial charge is 0.272 e. The van der Waals surface area contributed by atoms with Crippen LogP contribution >= 0.6 is 22.9 Å². The fourth-order valence-corrected chi connectivity index (χ4v) is 4.32. The Bertz CT molecular complexity index is 714. The predicted molar refractivity (Wildman–Crippen MR) is 92.6 cm³/mol. The molecule has 0 bridgehead atoms. The second-order valence-electron chi connectivity index (χ2n) is 4.84. The van der Waals surface area contributed by atoms with Crippen molar-refractivity contribution in [3.63, 3.8) is 0 Å². The summed E-state index contributed by atoms with van der Waals surface area (Å²) in [5.41, 5.74) is 0.954. The molecule has 0 saturated heterocycles. The SMILES string of the molecule is CCCCN(C)c1ccc(NS(=O)(=O)c2ccc(Cl)s2)nc1.